The highest BCUT2D eigenvalue weighted by Gasteiger charge is 2.19. The smallest absolute Gasteiger partial charge is 0.253 e. The van der Waals surface area contributed by atoms with Crippen molar-refractivity contribution in [2.45, 2.75) is 19.9 Å². The van der Waals surface area contributed by atoms with Gasteiger partial charge in [-0.05, 0) is 38.1 Å². The molecule has 1 aromatic heterocycles. The highest BCUT2D eigenvalue weighted by atomic mass is 35.5. The van der Waals surface area contributed by atoms with Gasteiger partial charge < -0.3 is 15.1 Å². The molecule has 2 aromatic rings. The molecule has 2 heterocycles. The van der Waals surface area contributed by atoms with Gasteiger partial charge in [-0.25, -0.2) is 0 Å². The number of aromatic nitrogens is 1. The number of carbonyl (C=O) groups excluding carboxylic acids is 1. The van der Waals surface area contributed by atoms with Gasteiger partial charge in [0.2, 0.25) is 0 Å². The first-order chi connectivity index (χ1) is 12.0. The quantitative estimate of drug-likeness (QED) is 0.911. The van der Waals surface area contributed by atoms with Gasteiger partial charge in [-0.2, -0.15) is 0 Å². The first-order valence-corrected chi connectivity index (χ1v) is 8.92. The lowest BCUT2D eigenvalue weighted by molar-refractivity contribution is 0.0943. The van der Waals surface area contributed by atoms with E-state index in [1.807, 2.05) is 44.3 Å². The lowest BCUT2D eigenvalue weighted by Crippen LogP contribution is -2.46. The lowest BCUT2D eigenvalue weighted by Gasteiger charge is -2.37. The van der Waals surface area contributed by atoms with Crippen molar-refractivity contribution in [3.63, 3.8) is 0 Å². The zero-order valence-corrected chi connectivity index (χ0v) is 15.3. The molecule has 1 saturated heterocycles. The van der Waals surface area contributed by atoms with Crippen LogP contribution in [0.5, 0.6) is 0 Å². The fourth-order valence-corrected chi connectivity index (χ4v) is 3.15. The molecule has 1 aliphatic rings. The summed E-state index contributed by atoms with van der Waals surface area (Å²) in [5.41, 5.74) is 2.74. The highest BCUT2D eigenvalue weighted by Crippen LogP contribution is 2.23. The van der Waals surface area contributed by atoms with Crippen molar-refractivity contribution in [2.75, 3.05) is 36.0 Å². The van der Waals surface area contributed by atoms with Crippen LogP contribution in [0, 0.1) is 0 Å². The maximum atomic E-state index is 12.2. The van der Waals surface area contributed by atoms with Crippen molar-refractivity contribution < 1.29 is 4.79 Å². The van der Waals surface area contributed by atoms with E-state index in [4.69, 9.17) is 11.6 Å². The molecule has 1 aliphatic heterocycles. The summed E-state index contributed by atoms with van der Waals surface area (Å²) in [7, 11) is 0. The van der Waals surface area contributed by atoms with E-state index in [-0.39, 0.29) is 11.9 Å². The molecule has 0 unspecified atom stereocenters. The van der Waals surface area contributed by atoms with Crippen LogP contribution in [-0.2, 0) is 0 Å². The number of halogens is 1. The van der Waals surface area contributed by atoms with Gasteiger partial charge in [-0.3, -0.25) is 9.78 Å². The summed E-state index contributed by atoms with van der Waals surface area (Å²) in [6, 6.07) is 9.97. The topological polar surface area (TPSA) is 48.5 Å². The van der Waals surface area contributed by atoms with Gasteiger partial charge >= 0.3 is 0 Å². The number of hydrogen-bond donors (Lipinski definition) is 1. The number of rotatable bonds is 4. The molecule has 132 valence electrons. The lowest BCUT2D eigenvalue weighted by atomic mass is 10.2. The molecule has 0 aliphatic carbocycles. The Balaban J connectivity index is 1.66. The van der Waals surface area contributed by atoms with Crippen LogP contribution < -0.4 is 15.1 Å². The van der Waals surface area contributed by atoms with Crippen LogP contribution in [0.25, 0.3) is 0 Å². The maximum Gasteiger partial charge on any atom is 0.253 e. The van der Waals surface area contributed by atoms with Crippen LogP contribution in [0.4, 0.5) is 11.4 Å². The third kappa shape index (κ3) is 4.42. The molecule has 0 spiro atoms. The molecule has 1 amide bonds. The van der Waals surface area contributed by atoms with E-state index in [1.165, 1.54) is 0 Å². The number of nitrogens with zero attached hydrogens (tertiary/aromatic N) is 3. The molecular formula is C19H23ClN4O. The van der Waals surface area contributed by atoms with Crippen molar-refractivity contribution in [3.05, 3.63) is 53.3 Å². The zero-order chi connectivity index (χ0) is 17.8. The van der Waals surface area contributed by atoms with Gasteiger partial charge in [-0.15, -0.1) is 0 Å². The van der Waals surface area contributed by atoms with E-state index < -0.39 is 0 Å². The van der Waals surface area contributed by atoms with Gasteiger partial charge in [0, 0.05) is 49.1 Å². The summed E-state index contributed by atoms with van der Waals surface area (Å²) < 4.78 is 0. The summed E-state index contributed by atoms with van der Waals surface area (Å²) in [5.74, 6) is -0.0816. The largest absolute Gasteiger partial charge is 0.368 e. The zero-order valence-electron chi connectivity index (χ0n) is 14.6. The van der Waals surface area contributed by atoms with Crippen LogP contribution in [0.15, 0.2) is 42.7 Å². The van der Waals surface area contributed by atoms with Crippen molar-refractivity contribution in [1.82, 2.24) is 10.3 Å². The van der Waals surface area contributed by atoms with Crippen molar-refractivity contribution in [1.29, 1.82) is 0 Å². The molecule has 0 atom stereocenters. The van der Waals surface area contributed by atoms with Gasteiger partial charge in [0.15, 0.2) is 0 Å². The Morgan fingerprint density at radius 1 is 1.08 bits per heavy atom. The van der Waals surface area contributed by atoms with Crippen LogP contribution in [0.1, 0.15) is 24.2 Å². The molecule has 6 heteroatoms. The molecule has 0 bridgehead atoms. The second-order valence-corrected chi connectivity index (χ2v) is 6.95. The second-order valence-electron chi connectivity index (χ2n) is 6.51. The number of hydrogen-bond acceptors (Lipinski definition) is 4. The predicted octanol–water partition coefficient (Wildman–Crippen LogP) is 3.20. The molecular weight excluding hydrogens is 336 g/mol. The predicted molar refractivity (Wildman–Crippen MR) is 103 cm³/mol. The summed E-state index contributed by atoms with van der Waals surface area (Å²) in [5, 5.41) is 3.66. The minimum Gasteiger partial charge on any atom is -0.368 e. The van der Waals surface area contributed by atoms with E-state index >= 15 is 0 Å². The monoisotopic (exact) mass is 358 g/mol. The van der Waals surface area contributed by atoms with Gasteiger partial charge in [0.05, 0.1) is 17.4 Å². The highest BCUT2D eigenvalue weighted by molar-refractivity contribution is 6.30. The normalized spacial score (nSPS) is 14.7. The number of amides is 1. The molecule has 1 aromatic carbocycles. The molecule has 3 rings (SSSR count). The molecule has 1 fully saturated rings. The fraction of sp³-hybridized carbons (Fsp3) is 0.368. The Labute approximate surface area is 153 Å². The Kier molecular flexibility index (Phi) is 5.43. The minimum atomic E-state index is -0.0816. The van der Waals surface area contributed by atoms with Crippen LogP contribution >= 0.6 is 11.6 Å². The first kappa shape index (κ1) is 17.5. The maximum absolute atomic E-state index is 12.2. The van der Waals surface area contributed by atoms with E-state index in [9.17, 15) is 4.79 Å². The molecule has 25 heavy (non-hydrogen) atoms. The third-order valence-electron chi connectivity index (χ3n) is 4.22. The van der Waals surface area contributed by atoms with E-state index in [2.05, 4.69) is 26.2 Å². The SMILES string of the molecule is CC(C)NC(=O)c1cncc(N2CCN(c3cccc(Cl)c3)CC2)c1. The summed E-state index contributed by atoms with van der Waals surface area (Å²) in [4.78, 5) is 21.0. The number of anilines is 2. The van der Waals surface area contributed by atoms with Crippen LogP contribution in [0.3, 0.4) is 0 Å². The van der Waals surface area contributed by atoms with Gasteiger partial charge in [0.1, 0.15) is 0 Å². The number of piperazine rings is 1. The Morgan fingerprint density at radius 3 is 2.40 bits per heavy atom. The van der Waals surface area contributed by atoms with Crippen molar-refractivity contribution in [2.24, 2.45) is 0 Å². The number of benzene rings is 1. The fourth-order valence-electron chi connectivity index (χ4n) is 2.97. The summed E-state index contributed by atoms with van der Waals surface area (Å²) >= 11 is 6.09. The van der Waals surface area contributed by atoms with Gasteiger partial charge in [-0.1, -0.05) is 17.7 Å². The molecule has 5 nitrogen and oxygen atoms in total. The summed E-state index contributed by atoms with van der Waals surface area (Å²) in [6.07, 6.45) is 3.44. The average molecular weight is 359 g/mol. The van der Waals surface area contributed by atoms with E-state index in [1.54, 1.807) is 6.20 Å². The average Bonchev–Trinajstić information content (AvgIpc) is 2.61. The van der Waals surface area contributed by atoms with E-state index in [0.29, 0.717) is 5.56 Å². The molecule has 1 N–H and O–H groups in total. The standard InChI is InChI=1S/C19H23ClN4O/c1-14(2)22-19(25)15-10-18(13-21-12-15)24-8-6-23(7-9-24)17-5-3-4-16(20)11-17/h3-5,10-14H,6-9H2,1-2H3,(H,22,25). The molecule has 0 radical (unpaired) electrons. The number of nitrogens with one attached hydrogen (secondary N) is 1. The third-order valence-corrected chi connectivity index (χ3v) is 4.46. The van der Waals surface area contributed by atoms with Gasteiger partial charge in [0.25, 0.3) is 5.91 Å². The summed E-state index contributed by atoms with van der Waals surface area (Å²) in [6.45, 7) is 7.47. The van der Waals surface area contributed by atoms with E-state index in [0.717, 1.165) is 42.6 Å². The van der Waals surface area contributed by atoms with Crippen molar-refractivity contribution in [3.8, 4) is 0 Å². The first-order valence-electron chi connectivity index (χ1n) is 8.54. The van der Waals surface area contributed by atoms with Crippen LogP contribution in [0.2, 0.25) is 5.02 Å². The van der Waals surface area contributed by atoms with Crippen LogP contribution in [-0.4, -0.2) is 43.1 Å². The Morgan fingerprint density at radius 2 is 1.76 bits per heavy atom. The number of carbonyl (C=O) groups is 1. The van der Waals surface area contributed by atoms with Crippen molar-refractivity contribution >= 4 is 28.9 Å². The Bertz CT molecular complexity index is 742. The molecule has 0 saturated carbocycles. The second kappa shape index (κ2) is 7.74. The Hall–Kier alpha value is -2.27. The number of pyridine rings is 1. The minimum absolute atomic E-state index is 0.0816.